The van der Waals surface area contributed by atoms with E-state index in [1.807, 2.05) is 32.6 Å². The second-order valence-corrected chi connectivity index (χ2v) is 4.66. The second-order valence-electron chi connectivity index (χ2n) is 4.66. The fourth-order valence-electron chi connectivity index (χ4n) is 1.35. The Morgan fingerprint density at radius 1 is 0.741 bits per heavy atom. The fraction of sp³-hybridized carbons (Fsp3) is 0.850. The maximum absolute atomic E-state index is 11.0. The Bertz CT molecular complexity index is 289. The van der Waals surface area contributed by atoms with E-state index < -0.39 is 0 Å². The Hall–Kier alpha value is -1.63. The van der Waals surface area contributed by atoms with E-state index in [9.17, 15) is 14.4 Å². The van der Waals surface area contributed by atoms with Crippen LogP contribution in [-0.4, -0.2) is 62.8 Å². The van der Waals surface area contributed by atoms with Crippen molar-refractivity contribution in [2.24, 2.45) is 0 Å². The molecule has 0 amide bonds. The van der Waals surface area contributed by atoms with Crippen LogP contribution in [0.4, 0.5) is 0 Å². The minimum atomic E-state index is -0.258. The summed E-state index contributed by atoms with van der Waals surface area (Å²) >= 11 is 0. The first-order chi connectivity index (χ1) is 13.0. The molecule has 164 valence electrons. The molecule has 0 rings (SSSR count). The van der Waals surface area contributed by atoms with Crippen molar-refractivity contribution in [2.45, 2.75) is 74.7 Å². The number of carbonyl (C=O) groups excluding carboxylic acids is 3. The molecule has 0 aromatic carbocycles. The lowest BCUT2D eigenvalue weighted by atomic mass is 10.4. The van der Waals surface area contributed by atoms with Crippen molar-refractivity contribution < 1.29 is 28.6 Å². The van der Waals surface area contributed by atoms with E-state index in [0.29, 0.717) is 38.9 Å². The van der Waals surface area contributed by atoms with E-state index in [1.54, 1.807) is 13.8 Å². The average Bonchev–Trinajstić information content (AvgIpc) is 2.71. The largest absolute Gasteiger partial charge is 0.467 e. The maximum Gasteiger partial charge on any atom is 0.305 e. The Kier molecular flexibility index (Phi) is 39.2. The van der Waals surface area contributed by atoms with Crippen LogP contribution in [0, 0.1) is 0 Å². The molecule has 0 aromatic heterocycles. The normalized spacial score (nSPS) is 8.63. The van der Waals surface area contributed by atoms with Gasteiger partial charge in [0.15, 0.2) is 0 Å². The smallest absolute Gasteiger partial charge is 0.305 e. The summed E-state index contributed by atoms with van der Waals surface area (Å²) in [6.07, 6.45) is 1.92. The first kappa shape index (κ1) is 33.0. The van der Waals surface area contributed by atoms with Crippen LogP contribution in [0.25, 0.3) is 0 Å². The van der Waals surface area contributed by atoms with Crippen LogP contribution in [-0.2, 0) is 28.6 Å². The number of carbonyl (C=O) groups is 3. The maximum atomic E-state index is 11.0. The molecule has 0 saturated carbocycles. The molecule has 7 heteroatoms. The highest BCUT2D eigenvalue weighted by Gasteiger charge is 2.08. The van der Waals surface area contributed by atoms with E-state index in [2.05, 4.69) is 18.6 Å². The van der Waals surface area contributed by atoms with Crippen molar-refractivity contribution in [1.82, 2.24) is 4.90 Å². The van der Waals surface area contributed by atoms with Crippen LogP contribution in [0.5, 0.6) is 0 Å². The van der Waals surface area contributed by atoms with Gasteiger partial charge in [-0.25, -0.2) is 0 Å². The standard InChI is InChI=1S/C13H23NO6.C3H8.2C2H6/c1-3-12(16)19-9-6-14(5-8-18-11-15)7-10-20-13(17)4-2;1-3-2;2*1-2/h11H,3-10H2,1-2H3;3H2,1-2H3;2*1-2H3. The molecule has 0 heterocycles. The van der Waals surface area contributed by atoms with Crippen LogP contribution in [0.1, 0.15) is 74.7 Å². The minimum Gasteiger partial charge on any atom is -0.467 e. The Labute approximate surface area is 166 Å². The zero-order valence-electron chi connectivity index (χ0n) is 18.8. The summed E-state index contributed by atoms with van der Waals surface area (Å²) < 4.78 is 14.6. The summed E-state index contributed by atoms with van der Waals surface area (Å²) in [5, 5.41) is 0. The van der Waals surface area contributed by atoms with Crippen molar-refractivity contribution in [3.63, 3.8) is 0 Å². The quantitative estimate of drug-likeness (QED) is 0.216. The summed E-state index contributed by atoms with van der Waals surface area (Å²) in [6, 6.07) is 0. The van der Waals surface area contributed by atoms with Crippen molar-refractivity contribution in [1.29, 1.82) is 0 Å². The predicted molar refractivity (Wildman–Crippen MR) is 110 cm³/mol. The zero-order chi connectivity index (χ0) is 21.9. The van der Waals surface area contributed by atoms with Gasteiger partial charge in [0.25, 0.3) is 6.47 Å². The molecule has 27 heavy (non-hydrogen) atoms. The lowest BCUT2D eigenvalue weighted by Gasteiger charge is -2.21. The van der Waals surface area contributed by atoms with Gasteiger partial charge >= 0.3 is 11.9 Å². The van der Waals surface area contributed by atoms with Crippen molar-refractivity contribution in [3.05, 3.63) is 0 Å². The molecular weight excluding hydrogens is 350 g/mol. The number of ether oxygens (including phenoxy) is 3. The van der Waals surface area contributed by atoms with Gasteiger partial charge in [-0.2, -0.15) is 0 Å². The third kappa shape index (κ3) is 32.5. The highest BCUT2D eigenvalue weighted by molar-refractivity contribution is 5.69. The lowest BCUT2D eigenvalue weighted by molar-refractivity contribution is -0.144. The molecule has 0 unspecified atom stereocenters. The molecule has 0 aliphatic carbocycles. The summed E-state index contributed by atoms with van der Waals surface area (Å²) in [5.41, 5.74) is 0. The van der Waals surface area contributed by atoms with E-state index in [0.717, 1.165) is 0 Å². The second kappa shape index (κ2) is 32.1. The van der Waals surface area contributed by atoms with Gasteiger partial charge in [-0.1, -0.05) is 61.8 Å². The lowest BCUT2D eigenvalue weighted by Crippen LogP contribution is -2.34. The number of nitrogens with zero attached hydrogens (tertiary/aromatic N) is 1. The molecule has 0 aromatic rings. The van der Waals surface area contributed by atoms with Gasteiger partial charge in [0, 0.05) is 32.5 Å². The molecule has 0 fully saturated rings. The Morgan fingerprint density at radius 2 is 1.07 bits per heavy atom. The third-order valence-electron chi connectivity index (χ3n) is 2.51. The minimum absolute atomic E-state index is 0.243. The van der Waals surface area contributed by atoms with Crippen LogP contribution in [0.3, 0.4) is 0 Å². The van der Waals surface area contributed by atoms with E-state index >= 15 is 0 Å². The molecule has 0 N–H and O–H groups in total. The molecule has 0 spiro atoms. The van der Waals surface area contributed by atoms with Crippen LogP contribution >= 0.6 is 0 Å². The van der Waals surface area contributed by atoms with Gasteiger partial charge < -0.3 is 14.2 Å². The van der Waals surface area contributed by atoms with Gasteiger partial charge in [-0.15, -0.1) is 0 Å². The highest BCUT2D eigenvalue weighted by atomic mass is 16.5. The Balaban J connectivity index is -0.000000331. The van der Waals surface area contributed by atoms with Gasteiger partial charge in [0.2, 0.25) is 0 Å². The fourth-order valence-corrected chi connectivity index (χ4v) is 1.35. The Morgan fingerprint density at radius 3 is 1.37 bits per heavy atom. The van der Waals surface area contributed by atoms with Crippen molar-refractivity contribution in [2.75, 3.05) is 39.5 Å². The molecule has 0 aliphatic heterocycles. The van der Waals surface area contributed by atoms with Crippen molar-refractivity contribution >= 4 is 18.4 Å². The van der Waals surface area contributed by atoms with Gasteiger partial charge in [-0.05, 0) is 0 Å². The summed E-state index contributed by atoms with van der Waals surface area (Å²) in [7, 11) is 0. The average molecular weight is 394 g/mol. The summed E-state index contributed by atoms with van der Waals surface area (Å²) in [5.74, 6) is -0.516. The molecule has 0 aliphatic rings. The number of esters is 2. The molecule has 0 atom stereocenters. The number of hydrogen-bond donors (Lipinski definition) is 0. The van der Waals surface area contributed by atoms with E-state index in [1.165, 1.54) is 6.42 Å². The summed E-state index contributed by atoms with van der Waals surface area (Å²) in [6.45, 7) is 18.3. The first-order valence-corrected chi connectivity index (χ1v) is 10.1. The molecule has 0 radical (unpaired) electrons. The zero-order valence-corrected chi connectivity index (χ0v) is 18.8. The summed E-state index contributed by atoms with van der Waals surface area (Å²) in [4.78, 5) is 34.0. The van der Waals surface area contributed by atoms with Gasteiger partial charge in [0.05, 0.1) is 0 Å². The monoisotopic (exact) mass is 393 g/mol. The van der Waals surface area contributed by atoms with E-state index in [4.69, 9.17) is 9.47 Å². The highest BCUT2D eigenvalue weighted by Crippen LogP contribution is 1.93. The molecular formula is C20H43NO6. The van der Waals surface area contributed by atoms with Crippen molar-refractivity contribution in [3.8, 4) is 0 Å². The predicted octanol–water partition coefficient (Wildman–Crippen LogP) is 3.84. The number of rotatable bonds is 12. The third-order valence-corrected chi connectivity index (χ3v) is 2.51. The number of hydrogen-bond acceptors (Lipinski definition) is 7. The molecule has 0 bridgehead atoms. The molecule has 7 nitrogen and oxygen atoms in total. The SMILES string of the molecule is CC.CC.CCC.CCC(=O)OCCN(CCOC=O)CCOC(=O)CC. The van der Waals surface area contributed by atoms with Crippen LogP contribution in [0.15, 0.2) is 0 Å². The first-order valence-electron chi connectivity index (χ1n) is 10.1. The topological polar surface area (TPSA) is 82.1 Å². The van der Waals surface area contributed by atoms with E-state index in [-0.39, 0.29) is 31.8 Å². The van der Waals surface area contributed by atoms with Crippen LogP contribution < -0.4 is 0 Å². The van der Waals surface area contributed by atoms with Gasteiger partial charge in [0.1, 0.15) is 19.8 Å². The molecule has 0 saturated heterocycles. The van der Waals surface area contributed by atoms with Crippen LogP contribution in [0.2, 0.25) is 0 Å². The van der Waals surface area contributed by atoms with Gasteiger partial charge in [-0.3, -0.25) is 19.3 Å².